The van der Waals surface area contributed by atoms with Crippen molar-refractivity contribution in [2.24, 2.45) is 0 Å². The van der Waals surface area contributed by atoms with E-state index in [9.17, 15) is 4.79 Å². The van der Waals surface area contributed by atoms with Crippen molar-refractivity contribution in [3.05, 3.63) is 40.0 Å². The third kappa shape index (κ3) is 3.42. The zero-order valence-electron chi connectivity index (χ0n) is 9.58. The van der Waals surface area contributed by atoms with Crippen LogP contribution in [0.25, 0.3) is 0 Å². The summed E-state index contributed by atoms with van der Waals surface area (Å²) < 4.78 is 5.51. The van der Waals surface area contributed by atoms with E-state index in [4.69, 9.17) is 5.41 Å². The molecule has 17 heavy (non-hydrogen) atoms. The quantitative estimate of drug-likeness (QED) is 0.510. The van der Waals surface area contributed by atoms with E-state index < -0.39 is 5.97 Å². The maximum Gasteiger partial charge on any atom is 0.354 e. The Morgan fingerprint density at radius 2 is 2.24 bits per heavy atom. The number of benzene rings is 1. The molecule has 5 heteroatoms. The summed E-state index contributed by atoms with van der Waals surface area (Å²) in [6, 6.07) is 5.41. The summed E-state index contributed by atoms with van der Waals surface area (Å²) in [5, 5.41) is 10.2. The van der Waals surface area contributed by atoms with Gasteiger partial charge in [-0.1, -0.05) is 28.1 Å². The number of ether oxygens (including phenoxy) is 1. The van der Waals surface area contributed by atoms with Crippen LogP contribution in [0.4, 0.5) is 5.69 Å². The molecule has 0 saturated carbocycles. The summed E-state index contributed by atoms with van der Waals surface area (Å²) in [6.07, 6.45) is 2.85. The van der Waals surface area contributed by atoms with Crippen molar-refractivity contribution in [3.8, 4) is 0 Å². The summed E-state index contributed by atoms with van der Waals surface area (Å²) >= 11 is 3.34. The Labute approximate surface area is 108 Å². The van der Waals surface area contributed by atoms with Gasteiger partial charge in [-0.3, -0.25) is 0 Å². The van der Waals surface area contributed by atoms with E-state index in [0.29, 0.717) is 16.9 Å². The minimum absolute atomic E-state index is 0.341. The first-order valence-corrected chi connectivity index (χ1v) is 5.73. The molecular formula is C12H13BrN2O2. The van der Waals surface area contributed by atoms with E-state index in [2.05, 4.69) is 26.0 Å². The summed E-state index contributed by atoms with van der Waals surface area (Å²) in [4.78, 5) is 11.4. The molecule has 2 N–H and O–H groups in total. The normalized spacial score (nSPS) is 10.9. The maximum atomic E-state index is 11.4. The number of hydrogen-bond acceptors (Lipinski definition) is 4. The van der Waals surface area contributed by atoms with Crippen molar-refractivity contribution in [1.29, 1.82) is 5.41 Å². The van der Waals surface area contributed by atoms with E-state index in [-0.39, 0.29) is 0 Å². The smallest absolute Gasteiger partial charge is 0.354 e. The summed E-state index contributed by atoms with van der Waals surface area (Å²) in [7, 11) is 1.33. The molecule has 1 rings (SSSR count). The first kappa shape index (κ1) is 13.4. The number of anilines is 1. The van der Waals surface area contributed by atoms with Gasteiger partial charge in [0.2, 0.25) is 0 Å². The maximum absolute atomic E-state index is 11.4. The standard InChI is InChI=1S/C12H13BrN2O2/c1-3-10(12(16)17-2)15-11-6-9(13)5-4-8(11)7-14/h3-7,14-15H,1-2H3/b10-3-,14-7?. The van der Waals surface area contributed by atoms with Crippen LogP contribution in [0.5, 0.6) is 0 Å². The fourth-order valence-corrected chi connectivity index (χ4v) is 1.62. The monoisotopic (exact) mass is 296 g/mol. The second kappa shape index (κ2) is 6.20. The molecule has 0 saturated heterocycles. The SMILES string of the molecule is C/C=C(\Nc1cc(Br)ccc1C=N)C(=O)OC. The Kier molecular flexibility index (Phi) is 4.90. The highest BCUT2D eigenvalue weighted by Gasteiger charge is 2.10. The van der Waals surface area contributed by atoms with Crippen LogP contribution in [0.2, 0.25) is 0 Å². The van der Waals surface area contributed by atoms with E-state index in [1.54, 1.807) is 25.1 Å². The predicted octanol–water partition coefficient (Wildman–Crippen LogP) is 2.94. The van der Waals surface area contributed by atoms with Gasteiger partial charge in [0.05, 0.1) is 7.11 Å². The Balaban J connectivity index is 3.05. The summed E-state index contributed by atoms with van der Waals surface area (Å²) in [5.74, 6) is -0.441. The zero-order chi connectivity index (χ0) is 12.8. The fraction of sp³-hybridized carbons (Fsp3) is 0.167. The minimum Gasteiger partial charge on any atom is -0.464 e. The largest absolute Gasteiger partial charge is 0.464 e. The molecule has 1 aromatic rings. The second-order valence-electron chi connectivity index (χ2n) is 3.19. The molecule has 0 aliphatic heterocycles. The van der Waals surface area contributed by atoms with E-state index >= 15 is 0 Å². The van der Waals surface area contributed by atoms with Crippen LogP contribution in [0.15, 0.2) is 34.4 Å². The number of hydrogen-bond donors (Lipinski definition) is 2. The van der Waals surface area contributed by atoms with E-state index in [1.165, 1.54) is 13.3 Å². The first-order chi connectivity index (χ1) is 8.12. The predicted molar refractivity (Wildman–Crippen MR) is 71.4 cm³/mol. The van der Waals surface area contributed by atoms with Crippen molar-refractivity contribution in [1.82, 2.24) is 0 Å². The number of allylic oxidation sites excluding steroid dienone is 1. The highest BCUT2D eigenvalue weighted by molar-refractivity contribution is 9.10. The molecule has 0 aliphatic rings. The number of nitrogens with one attached hydrogen (secondary N) is 2. The van der Waals surface area contributed by atoms with Gasteiger partial charge in [-0.2, -0.15) is 0 Å². The van der Waals surface area contributed by atoms with Gasteiger partial charge in [0.25, 0.3) is 0 Å². The van der Waals surface area contributed by atoms with Crippen molar-refractivity contribution >= 4 is 33.8 Å². The molecule has 0 bridgehead atoms. The van der Waals surface area contributed by atoms with Gasteiger partial charge >= 0.3 is 5.97 Å². The number of rotatable bonds is 4. The number of esters is 1. The highest BCUT2D eigenvalue weighted by Crippen LogP contribution is 2.21. The molecule has 0 spiro atoms. The second-order valence-corrected chi connectivity index (χ2v) is 4.11. The number of carbonyl (C=O) groups excluding carboxylic acids is 1. The van der Waals surface area contributed by atoms with Crippen LogP contribution in [-0.2, 0) is 9.53 Å². The van der Waals surface area contributed by atoms with Gasteiger partial charge in [-0.25, -0.2) is 4.79 Å². The first-order valence-electron chi connectivity index (χ1n) is 4.94. The molecule has 0 aliphatic carbocycles. The van der Waals surface area contributed by atoms with Crippen molar-refractivity contribution in [3.63, 3.8) is 0 Å². The molecule has 0 aromatic heterocycles. The fourth-order valence-electron chi connectivity index (χ4n) is 1.26. The lowest BCUT2D eigenvalue weighted by Gasteiger charge is -2.11. The van der Waals surface area contributed by atoms with Gasteiger partial charge < -0.3 is 15.5 Å². The van der Waals surface area contributed by atoms with Crippen LogP contribution in [-0.4, -0.2) is 19.3 Å². The van der Waals surface area contributed by atoms with E-state index in [1.807, 2.05) is 6.07 Å². The van der Waals surface area contributed by atoms with Crippen LogP contribution in [0, 0.1) is 5.41 Å². The van der Waals surface area contributed by atoms with Gasteiger partial charge in [-0.15, -0.1) is 0 Å². The Morgan fingerprint density at radius 1 is 1.53 bits per heavy atom. The van der Waals surface area contributed by atoms with Gasteiger partial charge in [0.1, 0.15) is 5.70 Å². The Hall–Kier alpha value is -1.62. The van der Waals surface area contributed by atoms with Crippen molar-refractivity contribution < 1.29 is 9.53 Å². The lowest BCUT2D eigenvalue weighted by Crippen LogP contribution is -2.13. The van der Waals surface area contributed by atoms with Crippen molar-refractivity contribution in [2.75, 3.05) is 12.4 Å². The van der Waals surface area contributed by atoms with Gasteiger partial charge in [0, 0.05) is 21.9 Å². The van der Waals surface area contributed by atoms with Crippen molar-refractivity contribution in [2.45, 2.75) is 6.92 Å². The van der Waals surface area contributed by atoms with Gasteiger partial charge in [-0.05, 0) is 19.1 Å². The van der Waals surface area contributed by atoms with Crippen LogP contribution in [0.1, 0.15) is 12.5 Å². The molecule has 4 nitrogen and oxygen atoms in total. The van der Waals surface area contributed by atoms with Crippen LogP contribution in [0.3, 0.4) is 0 Å². The Morgan fingerprint density at radius 3 is 2.76 bits per heavy atom. The lowest BCUT2D eigenvalue weighted by atomic mass is 10.2. The van der Waals surface area contributed by atoms with Crippen LogP contribution >= 0.6 is 15.9 Å². The van der Waals surface area contributed by atoms with E-state index in [0.717, 1.165) is 4.47 Å². The molecular weight excluding hydrogens is 284 g/mol. The average Bonchev–Trinajstić information content (AvgIpc) is 2.35. The molecule has 0 unspecified atom stereocenters. The molecule has 0 amide bonds. The molecule has 0 fully saturated rings. The molecule has 0 radical (unpaired) electrons. The zero-order valence-corrected chi connectivity index (χ0v) is 11.2. The van der Waals surface area contributed by atoms with Crippen LogP contribution < -0.4 is 5.32 Å². The molecule has 90 valence electrons. The number of methoxy groups -OCH3 is 1. The van der Waals surface area contributed by atoms with Gasteiger partial charge in [0.15, 0.2) is 0 Å². The molecule has 0 atom stereocenters. The Bertz CT molecular complexity index is 470. The lowest BCUT2D eigenvalue weighted by molar-refractivity contribution is -0.135. The summed E-state index contributed by atoms with van der Waals surface area (Å²) in [5.41, 5.74) is 1.71. The average molecular weight is 297 g/mol. The molecule has 0 heterocycles. The third-order valence-corrected chi connectivity index (χ3v) is 2.63. The highest BCUT2D eigenvalue weighted by atomic mass is 79.9. The summed E-state index contributed by atoms with van der Waals surface area (Å²) in [6.45, 7) is 1.74. The number of carbonyl (C=O) groups is 1. The molecule has 1 aromatic carbocycles. The minimum atomic E-state index is -0.441. The third-order valence-electron chi connectivity index (χ3n) is 2.13. The number of halogens is 1. The topological polar surface area (TPSA) is 62.2 Å².